The monoisotopic (exact) mass is 554 g/mol. The van der Waals surface area contributed by atoms with E-state index in [1.807, 2.05) is 36.4 Å². The Kier molecular flexibility index (Phi) is 7.51. The Morgan fingerprint density at radius 2 is 1.71 bits per heavy atom. The predicted molar refractivity (Wildman–Crippen MR) is 139 cm³/mol. The smallest absolute Gasteiger partial charge is 0.281 e. The van der Waals surface area contributed by atoms with Gasteiger partial charge in [0.2, 0.25) is 0 Å². The Bertz CT molecular complexity index is 1350. The maximum absolute atomic E-state index is 12.5. The summed E-state index contributed by atoms with van der Waals surface area (Å²) >= 11 is 5.88. The molecule has 7 nitrogen and oxygen atoms in total. The minimum atomic E-state index is -0.430. The number of nitrogens with one attached hydrogen (secondary N) is 2. The second kappa shape index (κ2) is 10.7. The van der Waals surface area contributed by atoms with E-state index in [4.69, 9.17) is 0 Å². The largest absolute Gasteiger partial charge is 0.506 e. The Balaban J connectivity index is 1.39. The minimum absolute atomic E-state index is 0.118. The van der Waals surface area contributed by atoms with Gasteiger partial charge in [-0.1, -0.05) is 28.1 Å². The third-order valence-electron chi connectivity index (χ3n) is 4.84. The first-order chi connectivity index (χ1) is 16.4. The van der Waals surface area contributed by atoms with Gasteiger partial charge in [0.15, 0.2) is 0 Å². The topological polar surface area (TPSA) is 104 Å². The van der Waals surface area contributed by atoms with Gasteiger partial charge in [0.05, 0.1) is 25.9 Å². The molecule has 0 aliphatic rings. The molecule has 0 saturated carbocycles. The lowest BCUT2D eigenvalue weighted by molar-refractivity contribution is 0.0950. The summed E-state index contributed by atoms with van der Waals surface area (Å²) in [5.74, 6) is -0.573. The van der Waals surface area contributed by atoms with Gasteiger partial charge < -0.3 is 10.4 Å². The summed E-state index contributed by atoms with van der Waals surface area (Å²) in [5.41, 5.74) is 5.34. The van der Waals surface area contributed by atoms with Crippen molar-refractivity contribution in [2.45, 2.75) is 13.5 Å². The zero-order chi connectivity index (χ0) is 24.1. The highest BCUT2D eigenvalue weighted by molar-refractivity contribution is 9.10. The van der Waals surface area contributed by atoms with Crippen LogP contribution in [-0.2, 0) is 6.54 Å². The molecule has 0 fully saturated rings. The number of aromatic nitrogens is 1. The van der Waals surface area contributed by atoms with Crippen molar-refractivity contribution in [3.05, 3.63) is 91.7 Å². The van der Waals surface area contributed by atoms with Crippen LogP contribution in [0.15, 0.2) is 75.9 Å². The van der Waals surface area contributed by atoms with Gasteiger partial charge in [-0.3, -0.25) is 14.6 Å². The number of pyridine rings is 1. The molecule has 3 heterocycles. The highest BCUT2D eigenvalue weighted by atomic mass is 79.9. The molecule has 3 N–H and O–H groups in total. The number of amides is 2. The average molecular weight is 555 g/mol. The van der Waals surface area contributed by atoms with Crippen molar-refractivity contribution in [3.63, 3.8) is 0 Å². The summed E-state index contributed by atoms with van der Waals surface area (Å²) in [6, 6.07) is 14.5. The zero-order valence-electron chi connectivity index (χ0n) is 17.9. The van der Waals surface area contributed by atoms with Crippen molar-refractivity contribution in [3.8, 4) is 16.2 Å². The van der Waals surface area contributed by atoms with Crippen LogP contribution in [0.3, 0.4) is 0 Å². The predicted octanol–water partition coefficient (Wildman–Crippen LogP) is 5.42. The molecule has 0 aliphatic heterocycles. The molecule has 4 aromatic rings. The summed E-state index contributed by atoms with van der Waals surface area (Å²) in [5, 5.41) is 19.4. The summed E-state index contributed by atoms with van der Waals surface area (Å²) in [4.78, 5) is 30.4. The lowest BCUT2D eigenvalue weighted by Gasteiger charge is -2.03. The Hall–Kier alpha value is -3.34. The number of hydrazone groups is 1. The van der Waals surface area contributed by atoms with Gasteiger partial charge >= 0.3 is 0 Å². The molecule has 0 bridgehead atoms. The number of nitrogens with zero attached hydrogens (tertiary/aromatic N) is 2. The molecule has 0 radical (unpaired) electrons. The van der Waals surface area contributed by atoms with Crippen LogP contribution in [0, 0.1) is 0 Å². The summed E-state index contributed by atoms with van der Waals surface area (Å²) < 4.78 is 0.955. The first-order valence-electron chi connectivity index (χ1n) is 10.1. The SMILES string of the molecule is C/C(=N/NC(=O)c1ccc(C(=O)NCc2ccncc2)s1)c1csc(-c2ccc(Br)cc2)c1O. The van der Waals surface area contributed by atoms with Crippen LogP contribution in [0.1, 0.15) is 37.4 Å². The van der Waals surface area contributed by atoms with Gasteiger partial charge in [0.1, 0.15) is 5.75 Å². The third kappa shape index (κ3) is 5.58. The van der Waals surface area contributed by atoms with Crippen molar-refractivity contribution in [1.82, 2.24) is 15.7 Å². The van der Waals surface area contributed by atoms with Crippen LogP contribution < -0.4 is 10.7 Å². The molecule has 0 unspecified atom stereocenters. The number of hydrogen-bond acceptors (Lipinski definition) is 7. The summed E-state index contributed by atoms with van der Waals surface area (Å²) in [7, 11) is 0. The van der Waals surface area contributed by atoms with Gasteiger partial charge in [-0.05, 0) is 54.4 Å². The molecule has 1 aromatic carbocycles. The van der Waals surface area contributed by atoms with Crippen LogP contribution in [0.4, 0.5) is 0 Å². The fourth-order valence-electron chi connectivity index (χ4n) is 3.02. The average Bonchev–Trinajstić information content (AvgIpc) is 3.49. The van der Waals surface area contributed by atoms with Crippen LogP contribution >= 0.6 is 38.6 Å². The van der Waals surface area contributed by atoms with E-state index in [0.717, 1.165) is 31.8 Å². The number of halogens is 1. The maximum Gasteiger partial charge on any atom is 0.281 e. The molecule has 34 heavy (non-hydrogen) atoms. The lowest BCUT2D eigenvalue weighted by Crippen LogP contribution is -2.21. The molecule has 3 aromatic heterocycles. The number of carbonyl (C=O) groups is 2. The normalized spacial score (nSPS) is 11.3. The quantitative estimate of drug-likeness (QED) is 0.209. The second-order valence-electron chi connectivity index (χ2n) is 7.17. The van der Waals surface area contributed by atoms with Gasteiger partial charge in [-0.2, -0.15) is 5.10 Å². The number of carbonyl (C=O) groups excluding carboxylic acids is 2. The Morgan fingerprint density at radius 3 is 2.41 bits per heavy atom. The van der Waals surface area contributed by atoms with Gasteiger partial charge in [0, 0.05) is 28.8 Å². The third-order valence-corrected chi connectivity index (χ3v) is 7.47. The number of aromatic hydroxyl groups is 1. The Labute approximate surface area is 212 Å². The van der Waals surface area contributed by atoms with Crippen molar-refractivity contribution in [1.29, 1.82) is 0 Å². The zero-order valence-corrected chi connectivity index (χ0v) is 21.1. The molecular weight excluding hydrogens is 536 g/mol. The van der Waals surface area contributed by atoms with E-state index in [1.54, 1.807) is 36.8 Å². The molecule has 0 spiro atoms. The van der Waals surface area contributed by atoms with E-state index < -0.39 is 5.91 Å². The van der Waals surface area contributed by atoms with E-state index in [0.29, 0.717) is 27.6 Å². The first-order valence-corrected chi connectivity index (χ1v) is 12.6. The molecule has 10 heteroatoms. The lowest BCUT2D eigenvalue weighted by atomic mass is 10.1. The number of hydrogen-bond donors (Lipinski definition) is 3. The number of rotatable bonds is 7. The molecule has 4 rings (SSSR count). The number of thiophene rings is 2. The first kappa shape index (κ1) is 23.8. The van der Waals surface area contributed by atoms with E-state index in [-0.39, 0.29) is 11.7 Å². The Morgan fingerprint density at radius 1 is 1.03 bits per heavy atom. The maximum atomic E-state index is 12.5. The van der Waals surface area contributed by atoms with Crippen LogP contribution in [0.25, 0.3) is 10.4 Å². The van der Waals surface area contributed by atoms with Crippen molar-refractivity contribution in [2.75, 3.05) is 0 Å². The van der Waals surface area contributed by atoms with Crippen LogP contribution in [0.5, 0.6) is 5.75 Å². The van der Waals surface area contributed by atoms with Gasteiger partial charge in [-0.15, -0.1) is 22.7 Å². The molecule has 2 amide bonds. The summed E-state index contributed by atoms with van der Waals surface area (Å²) in [6.07, 6.45) is 3.32. The van der Waals surface area contributed by atoms with Crippen molar-refractivity contribution >= 4 is 56.1 Å². The van der Waals surface area contributed by atoms with E-state index in [2.05, 4.69) is 36.8 Å². The van der Waals surface area contributed by atoms with Crippen LogP contribution in [-0.4, -0.2) is 27.6 Å². The van der Waals surface area contributed by atoms with Crippen LogP contribution in [0.2, 0.25) is 0 Å². The summed E-state index contributed by atoms with van der Waals surface area (Å²) in [6.45, 7) is 2.08. The van der Waals surface area contributed by atoms with Crippen molar-refractivity contribution < 1.29 is 14.7 Å². The molecule has 0 saturated heterocycles. The molecule has 0 aliphatic carbocycles. The fraction of sp³-hybridized carbons (Fsp3) is 0.0833. The second-order valence-corrected chi connectivity index (χ2v) is 10.1. The molecular formula is C24H19BrN4O3S2. The number of benzene rings is 1. The molecule has 172 valence electrons. The van der Waals surface area contributed by atoms with E-state index >= 15 is 0 Å². The standard InChI is InChI=1S/C24H19BrN4O3S2/c1-14(18-13-33-22(21(18)30)16-2-4-17(25)5-3-16)28-29-24(32)20-7-6-19(34-20)23(31)27-12-15-8-10-26-11-9-15/h2-11,13,30H,12H2,1H3,(H,27,31)(H,29,32)/b28-14-. The minimum Gasteiger partial charge on any atom is -0.506 e. The van der Waals surface area contributed by atoms with E-state index in [9.17, 15) is 14.7 Å². The molecule has 0 atom stereocenters. The highest BCUT2D eigenvalue weighted by Gasteiger charge is 2.16. The highest BCUT2D eigenvalue weighted by Crippen LogP contribution is 2.39. The fourth-order valence-corrected chi connectivity index (χ4v) is 5.10. The van der Waals surface area contributed by atoms with E-state index in [1.165, 1.54) is 11.3 Å². The van der Waals surface area contributed by atoms with Gasteiger partial charge in [0.25, 0.3) is 11.8 Å². The van der Waals surface area contributed by atoms with Gasteiger partial charge in [-0.25, -0.2) is 5.43 Å². The van der Waals surface area contributed by atoms with Crippen molar-refractivity contribution in [2.24, 2.45) is 5.10 Å².